The molecule has 3 aliphatic heterocycles. The van der Waals surface area contributed by atoms with E-state index in [9.17, 15) is 4.79 Å². The number of carbonyl (C=O) groups is 1. The number of nitrogens with one attached hydrogen (secondary N) is 2. The topological polar surface area (TPSA) is 69.1 Å². The van der Waals surface area contributed by atoms with Crippen LogP contribution in [0.15, 0.2) is 75.5 Å². The van der Waals surface area contributed by atoms with Crippen LogP contribution < -0.4 is 15.5 Å². The molecule has 0 unspecified atom stereocenters. The molecule has 32 heavy (non-hydrogen) atoms. The summed E-state index contributed by atoms with van der Waals surface area (Å²) in [5.74, 6) is 0.0451. The summed E-state index contributed by atoms with van der Waals surface area (Å²) < 4.78 is 0. The van der Waals surface area contributed by atoms with Crippen molar-refractivity contribution >= 4 is 34.9 Å². The number of hydrogen-bond donors (Lipinski definition) is 2. The van der Waals surface area contributed by atoms with Crippen molar-refractivity contribution in [2.75, 3.05) is 28.6 Å². The molecule has 0 spiro atoms. The monoisotopic (exact) mass is 425 g/mol. The van der Waals surface area contributed by atoms with Gasteiger partial charge >= 0.3 is 0 Å². The summed E-state index contributed by atoms with van der Waals surface area (Å²) in [5.41, 5.74) is 9.35. The van der Waals surface area contributed by atoms with Crippen molar-refractivity contribution in [2.24, 2.45) is 9.98 Å². The van der Waals surface area contributed by atoms with Gasteiger partial charge in [-0.2, -0.15) is 0 Å². The van der Waals surface area contributed by atoms with E-state index in [1.165, 1.54) is 11.3 Å². The van der Waals surface area contributed by atoms with Crippen molar-refractivity contribution in [3.63, 3.8) is 0 Å². The zero-order valence-corrected chi connectivity index (χ0v) is 18.5. The molecular weight excluding hydrogens is 398 g/mol. The van der Waals surface area contributed by atoms with Gasteiger partial charge in [-0.15, -0.1) is 0 Å². The molecule has 3 aliphatic rings. The minimum absolute atomic E-state index is 0.0451. The van der Waals surface area contributed by atoms with E-state index in [4.69, 9.17) is 0 Å². The molecule has 0 aromatic heterocycles. The van der Waals surface area contributed by atoms with Gasteiger partial charge in [0.05, 0.1) is 6.54 Å². The van der Waals surface area contributed by atoms with Gasteiger partial charge in [-0.05, 0) is 67.5 Å². The smallest absolute Gasteiger partial charge is 0.258 e. The number of nitrogens with zero attached hydrogens (tertiary/aromatic N) is 3. The number of hydrogen-bond acceptors (Lipinski definition) is 5. The lowest BCUT2D eigenvalue weighted by Crippen LogP contribution is -2.23. The van der Waals surface area contributed by atoms with Gasteiger partial charge in [0.2, 0.25) is 0 Å². The van der Waals surface area contributed by atoms with Crippen LogP contribution in [-0.2, 0) is 6.54 Å². The highest BCUT2D eigenvalue weighted by molar-refractivity contribution is 6.10. The maximum atomic E-state index is 13.1. The number of anilines is 3. The van der Waals surface area contributed by atoms with Crippen LogP contribution in [-0.4, -0.2) is 30.9 Å². The average Bonchev–Trinajstić information content (AvgIpc) is 3.14. The summed E-state index contributed by atoms with van der Waals surface area (Å²) in [6, 6.07) is 14.1. The molecule has 0 fully saturated rings. The molecule has 0 radical (unpaired) electrons. The Kier molecular flexibility index (Phi) is 5.35. The standard InChI is InChI=1S/C26H27N5O/c1-17-18(2)28-13-10-25(17)30-22-6-7-24-19(14-22)16-31(26(24)32)23-5-3-4-21(15-23)29-20-8-11-27-12-9-20/h3-8,11,14-15,29-30H,9-10,12-13,16H2,1-2H3. The van der Waals surface area contributed by atoms with E-state index in [2.05, 4.69) is 40.5 Å². The van der Waals surface area contributed by atoms with Crippen LogP contribution in [0.1, 0.15) is 42.6 Å². The minimum Gasteiger partial charge on any atom is -0.359 e. The molecule has 2 aromatic carbocycles. The van der Waals surface area contributed by atoms with Gasteiger partial charge in [0.25, 0.3) is 5.91 Å². The molecule has 0 atom stereocenters. The number of rotatable bonds is 5. The number of allylic oxidation sites excluding steroid dienone is 2. The lowest BCUT2D eigenvalue weighted by Gasteiger charge is -2.19. The van der Waals surface area contributed by atoms with E-state index in [0.29, 0.717) is 6.54 Å². The van der Waals surface area contributed by atoms with Gasteiger partial charge < -0.3 is 15.5 Å². The fourth-order valence-corrected chi connectivity index (χ4v) is 4.32. The number of carbonyl (C=O) groups excluding carboxylic acids is 1. The lowest BCUT2D eigenvalue weighted by molar-refractivity contribution is 0.0996. The van der Waals surface area contributed by atoms with Gasteiger partial charge in [0.1, 0.15) is 0 Å². The third-order valence-electron chi connectivity index (χ3n) is 6.26. The second kappa shape index (κ2) is 8.46. The molecule has 6 heteroatoms. The fourth-order valence-electron chi connectivity index (χ4n) is 4.32. The first kappa shape index (κ1) is 20.2. The first-order chi connectivity index (χ1) is 15.6. The predicted octanol–water partition coefficient (Wildman–Crippen LogP) is 5.17. The van der Waals surface area contributed by atoms with Gasteiger partial charge in [-0.3, -0.25) is 14.8 Å². The number of aliphatic imine (C=N–C) groups is 2. The Morgan fingerprint density at radius 3 is 2.69 bits per heavy atom. The van der Waals surface area contributed by atoms with Crippen molar-refractivity contribution in [3.05, 3.63) is 76.6 Å². The fraction of sp³-hybridized carbons (Fsp3) is 0.269. The molecule has 0 aliphatic carbocycles. The normalized spacial score (nSPS) is 17.8. The highest BCUT2D eigenvalue weighted by atomic mass is 16.2. The van der Waals surface area contributed by atoms with Crippen molar-refractivity contribution in [1.82, 2.24) is 0 Å². The first-order valence-electron chi connectivity index (χ1n) is 11.1. The van der Waals surface area contributed by atoms with Gasteiger partial charge in [0.15, 0.2) is 0 Å². The maximum Gasteiger partial charge on any atom is 0.258 e. The molecular formula is C26H27N5O. The minimum atomic E-state index is 0.0451. The zero-order valence-electron chi connectivity index (χ0n) is 18.5. The molecule has 2 aromatic rings. The van der Waals surface area contributed by atoms with Crippen molar-refractivity contribution in [3.8, 4) is 0 Å². The molecule has 0 saturated carbocycles. The van der Waals surface area contributed by atoms with E-state index < -0.39 is 0 Å². The number of fused-ring (bicyclic) bond motifs is 1. The number of benzene rings is 2. The van der Waals surface area contributed by atoms with Crippen molar-refractivity contribution in [1.29, 1.82) is 0 Å². The summed E-state index contributed by atoms with van der Waals surface area (Å²) >= 11 is 0. The van der Waals surface area contributed by atoms with Gasteiger partial charge in [-0.25, -0.2) is 0 Å². The van der Waals surface area contributed by atoms with Crippen molar-refractivity contribution in [2.45, 2.75) is 33.2 Å². The van der Waals surface area contributed by atoms with E-state index in [0.717, 1.165) is 65.5 Å². The Labute approximate surface area is 188 Å². The third kappa shape index (κ3) is 3.96. The van der Waals surface area contributed by atoms with Crippen LogP contribution in [0.3, 0.4) is 0 Å². The molecule has 162 valence electrons. The van der Waals surface area contributed by atoms with E-state index in [-0.39, 0.29) is 5.91 Å². The van der Waals surface area contributed by atoms with Gasteiger partial charge in [0, 0.05) is 71.9 Å². The highest BCUT2D eigenvalue weighted by Gasteiger charge is 2.29. The van der Waals surface area contributed by atoms with Crippen LogP contribution in [0.2, 0.25) is 0 Å². The first-order valence-corrected chi connectivity index (χ1v) is 11.1. The summed E-state index contributed by atoms with van der Waals surface area (Å²) in [4.78, 5) is 23.7. The molecule has 0 saturated heterocycles. The van der Waals surface area contributed by atoms with Crippen LogP contribution in [0.5, 0.6) is 0 Å². The molecule has 2 N–H and O–H groups in total. The number of dihydropyridines is 2. The molecule has 5 rings (SSSR count). The Morgan fingerprint density at radius 2 is 1.84 bits per heavy atom. The Hall–Kier alpha value is -3.67. The quantitative estimate of drug-likeness (QED) is 0.695. The summed E-state index contributed by atoms with van der Waals surface area (Å²) in [6.45, 7) is 6.35. The van der Waals surface area contributed by atoms with E-state index >= 15 is 0 Å². The van der Waals surface area contributed by atoms with Crippen LogP contribution in [0.4, 0.5) is 17.1 Å². The second-order valence-electron chi connectivity index (χ2n) is 8.38. The highest BCUT2D eigenvalue weighted by Crippen LogP contribution is 2.32. The van der Waals surface area contributed by atoms with Crippen LogP contribution in [0.25, 0.3) is 0 Å². The van der Waals surface area contributed by atoms with Crippen LogP contribution in [0, 0.1) is 0 Å². The Morgan fingerprint density at radius 1 is 0.969 bits per heavy atom. The average molecular weight is 426 g/mol. The van der Waals surface area contributed by atoms with E-state index in [1.807, 2.05) is 53.6 Å². The van der Waals surface area contributed by atoms with E-state index in [1.54, 1.807) is 0 Å². The third-order valence-corrected chi connectivity index (χ3v) is 6.26. The second-order valence-corrected chi connectivity index (χ2v) is 8.38. The Balaban J connectivity index is 1.35. The number of amides is 1. The largest absolute Gasteiger partial charge is 0.359 e. The lowest BCUT2D eigenvalue weighted by atomic mass is 10.0. The van der Waals surface area contributed by atoms with Crippen LogP contribution >= 0.6 is 0 Å². The SMILES string of the molecule is CC1=NCCC(Nc2ccc3c(c2)CN(c2cccc(NC4=CC=NCC4)c2)C3=O)=C1C. The molecule has 3 heterocycles. The molecule has 1 amide bonds. The zero-order chi connectivity index (χ0) is 22.1. The molecule has 0 bridgehead atoms. The summed E-state index contributed by atoms with van der Waals surface area (Å²) in [5, 5.41) is 7.01. The summed E-state index contributed by atoms with van der Waals surface area (Å²) in [6.07, 6.45) is 5.64. The Bertz CT molecular complexity index is 1200. The molecule has 6 nitrogen and oxygen atoms in total. The predicted molar refractivity (Wildman–Crippen MR) is 132 cm³/mol. The summed E-state index contributed by atoms with van der Waals surface area (Å²) in [7, 11) is 0. The maximum absolute atomic E-state index is 13.1. The van der Waals surface area contributed by atoms with Crippen molar-refractivity contribution < 1.29 is 4.79 Å². The van der Waals surface area contributed by atoms with Gasteiger partial charge in [-0.1, -0.05) is 6.07 Å².